The molecule has 1 atom stereocenters. The Kier molecular flexibility index (Phi) is 4.70. The molecule has 0 unspecified atom stereocenters. The summed E-state index contributed by atoms with van der Waals surface area (Å²) < 4.78 is 0. The highest BCUT2D eigenvalue weighted by molar-refractivity contribution is 6.10. The second kappa shape index (κ2) is 7.10. The lowest BCUT2D eigenvalue weighted by Gasteiger charge is -2.13. The number of carbonyl (C=O) groups is 3. The number of rotatable bonds is 5. The van der Waals surface area contributed by atoms with Crippen LogP contribution < -0.4 is 10.6 Å². The molecule has 7 nitrogen and oxygen atoms in total. The Morgan fingerprint density at radius 3 is 2.42 bits per heavy atom. The quantitative estimate of drug-likeness (QED) is 0.566. The van der Waals surface area contributed by atoms with Gasteiger partial charge in [0.15, 0.2) is 0 Å². The molecule has 26 heavy (non-hydrogen) atoms. The number of benzene rings is 2. The number of amides is 2. The van der Waals surface area contributed by atoms with Gasteiger partial charge in [0.1, 0.15) is 11.7 Å². The van der Waals surface area contributed by atoms with Crippen LogP contribution in [-0.4, -0.2) is 33.9 Å². The second-order valence-corrected chi connectivity index (χ2v) is 5.80. The minimum absolute atomic E-state index is 0.185. The predicted octanol–water partition coefficient (Wildman–Crippen LogP) is 2.62. The Hall–Kier alpha value is -3.61. The topological polar surface area (TPSA) is 111 Å². The van der Waals surface area contributed by atoms with Crippen LogP contribution >= 0.6 is 0 Å². The molecule has 1 heterocycles. The maximum Gasteiger partial charge on any atom is 0.325 e. The van der Waals surface area contributed by atoms with E-state index in [-0.39, 0.29) is 5.56 Å². The largest absolute Gasteiger partial charge is 0.480 e. The molecule has 0 radical (unpaired) electrons. The maximum absolute atomic E-state index is 12.5. The molecule has 0 aliphatic rings. The highest BCUT2D eigenvalue weighted by atomic mass is 16.4. The Labute approximate surface area is 149 Å². The highest BCUT2D eigenvalue weighted by Crippen LogP contribution is 2.19. The van der Waals surface area contributed by atoms with Crippen LogP contribution in [0.25, 0.3) is 10.9 Å². The minimum Gasteiger partial charge on any atom is -0.480 e. The highest BCUT2D eigenvalue weighted by Gasteiger charge is 2.19. The lowest BCUT2D eigenvalue weighted by molar-refractivity contribution is -0.138. The lowest BCUT2D eigenvalue weighted by atomic mass is 10.1. The van der Waals surface area contributed by atoms with Gasteiger partial charge in [-0.25, -0.2) is 0 Å². The molecule has 7 heteroatoms. The van der Waals surface area contributed by atoms with E-state index < -0.39 is 23.8 Å². The number of hydrogen-bond acceptors (Lipinski definition) is 3. The van der Waals surface area contributed by atoms with E-state index in [4.69, 9.17) is 5.11 Å². The number of hydrogen-bond donors (Lipinski definition) is 4. The monoisotopic (exact) mass is 351 g/mol. The number of carboxylic acid groups (broad SMARTS) is 1. The second-order valence-electron chi connectivity index (χ2n) is 5.80. The number of carbonyl (C=O) groups excluding carboxylic acids is 2. The summed E-state index contributed by atoms with van der Waals surface area (Å²) in [6.45, 7) is 1.37. The van der Waals surface area contributed by atoms with E-state index in [0.29, 0.717) is 11.4 Å². The van der Waals surface area contributed by atoms with Gasteiger partial charge in [0.25, 0.3) is 11.8 Å². The fraction of sp³-hybridized carbons (Fsp3) is 0.105. The number of carboxylic acids is 1. The van der Waals surface area contributed by atoms with Crippen molar-refractivity contribution in [2.45, 2.75) is 13.0 Å². The summed E-state index contributed by atoms with van der Waals surface area (Å²) in [7, 11) is 0. The Morgan fingerprint density at radius 2 is 1.69 bits per heavy atom. The molecular weight excluding hydrogens is 334 g/mol. The van der Waals surface area contributed by atoms with Gasteiger partial charge in [-0.1, -0.05) is 30.3 Å². The number of nitrogens with one attached hydrogen (secondary N) is 3. The van der Waals surface area contributed by atoms with Crippen molar-refractivity contribution in [3.8, 4) is 0 Å². The van der Waals surface area contributed by atoms with Crippen molar-refractivity contribution in [1.82, 2.24) is 10.3 Å². The molecule has 0 aliphatic heterocycles. The van der Waals surface area contributed by atoms with E-state index in [1.54, 1.807) is 24.3 Å². The lowest BCUT2D eigenvalue weighted by Crippen LogP contribution is -2.38. The van der Waals surface area contributed by atoms with Gasteiger partial charge in [0.2, 0.25) is 0 Å². The Balaban J connectivity index is 1.82. The third-order valence-corrected chi connectivity index (χ3v) is 3.91. The van der Waals surface area contributed by atoms with E-state index in [1.807, 2.05) is 24.3 Å². The van der Waals surface area contributed by atoms with Gasteiger partial charge >= 0.3 is 5.97 Å². The summed E-state index contributed by atoms with van der Waals surface area (Å²) in [6, 6.07) is 14.6. The zero-order valence-corrected chi connectivity index (χ0v) is 13.9. The number of H-pyrrole nitrogens is 1. The minimum atomic E-state index is -1.14. The number of aliphatic carboxylic acids is 1. The van der Waals surface area contributed by atoms with E-state index >= 15 is 0 Å². The van der Waals surface area contributed by atoms with Gasteiger partial charge < -0.3 is 20.7 Å². The van der Waals surface area contributed by atoms with Crippen molar-refractivity contribution in [1.29, 1.82) is 0 Å². The van der Waals surface area contributed by atoms with Crippen LogP contribution in [-0.2, 0) is 4.79 Å². The molecule has 1 aromatic heterocycles. The predicted molar refractivity (Wildman–Crippen MR) is 97.3 cm³/mol. The average Bonchev–Trinajstić information content (AvgIpc) is 3.06. The Bertz CT molecular complexity index is 960. The normalized spacial score (nSPS) is 11.7. The smallest absolute Gasteiger partial charge is 0.325 e. The van der Waals surface area contributed by atoms with Crippen LogP contribution in [0.15, 0.2) is 54.6 Å². The van der Waals surface area contributed by atoms with Crippen molar-refractivity contribution >= 4 is 34.4 Å². The average molecular weight is 351 g/mol. The molecule has 0 bridgehead atoms. The fourth-order valence-electron chi connectivity index (χ4n) is 2.51. The molecule has 0 spiro atoms. The first-order chi connectivity index (χ1) is 12.5. The van der Waals surface area contributed by atoms with Crippen molar-refractivity contribution in [2.75, 3.05) is 5.32 Å². The van der Waals surface area contributed by atoms with Crippen molar-refractivity contribution in [3.05, 3.63) is 65.9 Å². The van der Waals surface area contributed by atoms with Crippen molar-refractivity contribution in [2.24, 2.45) is 0 Å². The summed E-state index contributed by atoms with van der Waals surface area (Å²) in [5.74, 6) is -2.11. The third kappa shape index (κ3) is 3.56. The fourth-order valence-corrected chi connectivity index (χ4v) is 2.51. The van der Waals surface area contributed by atoms with E-state index in [0.717, 1.165) is 10.9 Å². The van der Waals surface area contributed by atoms with E-state index in [9.17, 15) is 14.4 Å². The molecule has 3 rings (SSSR count). The molecule has 2 aromatic carbocycles. The number of para-hydroxylation sites is 2. The Morgan fingerprint density at radius 1 is 1.00 bits per heavy atom. The van der Waals surface area contributed by atoms with Gasteiger partial charge in [-0.15, -0.1) is 0 Å². The molecule has 0 fully saturated rings. The summed E-state index contributed by atoms with van der Waals surface area (Å²) in [6.07, 6.45) is 0. The molecule has 2 amide bonds. The molecule has 0 saturated carbocycles. The number of fused-ring (bicyclic) bond motifs is 1. The van der Waals surface area contributed by atoms with Gasteiger partial charge in [-0.2, -0.15) is 0 Å². The third-order valence-electron chi connectivity index (χ3n) is 3.91. The van der Waals surface area contributed by atoms with Crippen LogP contribution in [0, 0.1) is 0 Å². The standard InChI is InChI=1S/C19H17N3O4/c1-11(19(25)26)20-17(23)13-7-3-5-9-15(13)22-18(24)16-10-12-6-2-4-8-14(12)21-16/h2-11,21H,1H3,(H,20,23)(H,22,24)(H,25,26)/t11-/m0/s1. The summed E-state index contributed by atoms with van der Waals surface area (Å²) in [5.41, 5.74) is 1.68. The van der Waals surface area contributed by atoms with Crippen LogP contribution in [0.1, 0.15) is 27.8 Å². The molecule has 3 aromatic rings. The zero-order valence-electron chi connectivity index (χ0n) is 13.9. The summed E-state index contributed by atoms with van der Waals surface area (Å²) >= 11 is 0. The first-order valence-corrected chi connectivity index (χ1v) is 7.97. The van der Waals surface area contributed by atoms with Crippen LogP contribution in [0.3, 0.4) is 0 Å². The first kappa shape index (κ1) is 17.2. The molecule has 132 valence electrons. The maximum atomic E-state index is 12.5. The van der Waals surface area contributed by atoms with Crippen molar-refractivity contribution < 1.29 is 19.5 Å². The van der Waals surface area contributed by atoms with E-state index in [1.165, 1.54) is 13.0 Å². The number of aromatic amines is 1. The van der Waals surface area contributed by atoms with Gasteiger partial charge in [-0.05, 0) is 31.2 Å². The molecular formula is C19H17N3O4. The van der Waals surface area contributed by atoms with Gasteiger partial charge in [0, 0.05) is 10.9 Å². The summed E-state index contributed by atoms with van der Waals surface area (Å²) in [5, 5.41) is 14.9. The SMILES string of the molecule is C[C@H](NC(=O)c1ccccc1NC(=O)c1cc2ccccc2[nH]1)C(=O)O. The summed E-state index contributed by atoms with van der Waals surface area (Å²) in [4.78, 5) is 38.8. The van der Waals surface area contributed by atoms with Gasteiger partial charge in [-0.3, -0.25) is 14.4 Å². The number of anilines is 1. The van der Waals surface area contributed by atoms with E-state index in [2.05, 4.69) is 15.6 Å². The van der Waals surface area contributed by atoms with Gasteiger partial charge in [0.05, 0.1) is 11.3 Å². The molecule has 0 saturated heterocycles. The zero-order chi connectivity index (χ0) is 18.7. The molecule has 4 N–H and O–H groups in total. The first-order valence-electron chi connectivity index (χ1n) is 7.97. The molecule has 0 aliphatic carbocycles. The van der Waals surface area contributed by atoms with Crippen LogP contribution in [0.4, 0.5) is 5.69 Å². The van der Waals surface area contributed by atoms with Crippen LogP contribution in [0.2, 0.25) is 0 Å². The van der Waals surface area contributed by atoms with Crippen molar-refractivity contribution in [3.63, 3.8) is 0 Å². The number of aromatic nitrogens is 1. The van der Waals surface area contributed by atoms with Crippen LogP contribution in [0.5, 0.6) is 0 Å².